The van der Waals surface area contributed by atoms with Gasteiger partial charge in [-0.15, -0.1) is 0 Å². The minimum atomic E-state index is -0.394. The number of methoxy groups -OCH3 is 1. The van der Waals surface area contributed by atoms with Crippen molar-refractivity contribution in [3.63, 3.8) is 0 Å². The zero-order valence-electron chi connectivity index (χ0n) is 12.7. The number of aromatic nitrogens is 1. The largest absolute Gasteiger partial charge is 0.468 e. The zero-order chi connectivity index (χ0) is 17.1. The average molecular weight is 405 g/mol. The molecule has 7 heteroatoms. The summed E-state index contributed by atoms with van der Waals surface area (Å²) in [5, 5.41) is 0. The van der Waals surface area contributed by atoms with Crippen LogP contribution in [0.3, 0.4) is 0 Å². The highest BCUT2D eigenvalue weighted by molar-refractivity contribution is 9.10. The van der Waals surface area contributed by atoms with Crippen LogP contribution in [0.2, 0.25) is 0 Å². The number of thiazole rings is 1. The molecule has 0 atom stereocenters. The molecule has 0 aliphatic rings. The molecule has 0 bridgehead atoms. The van der Waals surface area contributed by atoms with E-state index >= 15 is 0 Å². The van der Waals surface area contributed by atoms with E-state index in [0.717, 1.165) is 14.7 Å². The van der Waals surface area contributed by atoms with Crippen molar-refractivity contribution in [2.45, 2.75) is 6.54 Å². The highest BCUT2D eigenvalue weighted by atomic mass is 79.9. The maximum absolute atomic E-state index is 12.4. The smallest absolute Gasteiger partial charge is 0.325 e. The highest BCUT2D eigenvalue weighted by Gasteiger charge is 2.12. The maximum atomic E-state index is 12.4. The second-order valence-electron chi connectivity index (χ2n) is 4.94. The zero-order valence-corrected chi connectivity index (χ0v) is 15.1. The first-order valence-electron chi connectivity index (χ1n) is 7.08. The second kappa shape index (κ2) is 7.11. The van der Waals surface area contributed by atoms with Gasteiger partial charge in [-0.05, 0) is 30.3 Å². The van der Waals surface area contributed by atoms with Crippen LogP contribution in [0.15, 0.2) is 58.0 Å². The molecule has 0 aliphatic carbocycles. The second-order valence-corrected chi connectivity index (χ2v) is 6.87. The first kappa shape index (κ1) is 16.6. The predicted octanol–water partition coefficient (Wildman–Crippen LogP) is 3.38. The fraction of sp³-hybridized carbons (Fsp3) is 0.118. The first-order valence-corrected chi connectivity index (χ1v) is 8.69. The number of rotatable bonds is 3. The summed E-state index contributed by atoms with van der Waals surface area (Å²) < 4.78 is 8.20. The molecule has 1 aromatic heterocycles. The number of carbonyl (C=O) groups is 2. The summed E-state index contributed by atoms with van der Waals surface area (Å²) in [5.41, 5.74) is 1.32. The molecule has 0 saturated carbocycles. The third kappa shape index (κ3) is 3.47. The van der Waals surface area contributed by atoms with E-state index in [-0.39, 0.29) is 12.5 Å². The Morgan fingerprint density at radius 1 is 1.21 bits per heavy atom. The minimum absolute atomic E-state index is 0.00507. The van der Waals surface area contributed by atoms with E-state index in [0.29, 0.717) is 10.4 Å². The Labute approximate surface area is 150 Å². The van der Waals surface area contributed by atoms with Gasteiger partial charge in [-0.25, -0.2) is 0 Å². The Bertz CT molecular complexity index is 991. The summed E-state index contributed by atoms with van der Waals surface area (Å²) >= 11 is 4.70. The van der Waals surface area contributed by atoms with Crippen molar-refractivity contribution < 1.29 is 14.3 Å². The molecule has 0 radical (unpaired) electrons. The molecule has 3 rings (SSSR count). The van der Waals surface area contributed by atoms with Gasteiger partial charge in [0.1, 0.15) is 6.54 Å². The van der Waals surface area contributed by atoms with Gasteiger partial charge in [-0.1, -0.05) is 45.5 Å². The maximum Gasteiger partial charge on any atom is 0.325 e. The lowest BCUT2D eigenvalue weighted by molar-refractivity contribution is -0.141. The number of benzene rings is 2. The first-order chi connectivity index (χ1) is 11.6. The van der Waals surface area contributed by atoms with Gasteiger partial charge in [0.25, 0.3) is 5.91 Å². The van der Waals surface area contributed by atoms with Crippen molar-refractivity contribution in [1.82, 2.24) is 4.57 Å². The van der Waals surface area contributed by atoms with Crippen LogP contribution in [0, 0.1) is 0 Å². The Morgan fingerprint density at radius 3 is 2.75 bits per heavy atom. The van der Waals surface area contributed by atoms with Crippen molar-refractivity contribution in [3.8, 4) is 0 Å². The lowest BCUT2D eigenvalue weighted by Gasteiger charge is -2.03. The number of hydrogen-bond donors (Lipinski definition) is 0. The van der Waals surface area contributed by atoms with Crippen molar-refractivity contribution in [3.05, 3.63) is 63.4 Å². The standard InChI is InChI=1S/C17H13BrN2O3S/c1-23-15(21)10-20-13-7-2-3-8-14(13)24-17(20)19-16(22)11-5-4-6-12(18)9-11/h2-9H,10H2,1H3. The number of carbonyl (C=O) groups excluding carboxylic acids is 2. The Balaban J connectivity index is 2.12. The van der Waals surface area contributed by atoms with Gasteiger partial charge in [0.15, 0.2) is 4.80 Å². The van der Waals surface area contributed by atoms with E-state index in [1.807, 2.05) is 30.3 Å². The van der Waals surface area contributed by atoms with Crippen molar-refractivity contribution in [2.75, 3.05) is 7.11 Å². The molecule has 0 N–H and O–H groups in total. The highest BCUT2D eigenvalue weighted by Crippen LogP contribution is 2.17. The van der Waals surface area contributed by atoms with Gasteiger partial charge < -0.3 is 9.30 Å². The fourth-order valence-corrected chi connectivity index (χ4v) is 3.65. The summed E-state index contributed by atoms with van der Waals surface area (Å²) in [4.78, 5) is 28.8. The molecule has 0 spiro atoms. The van der Waals surface area contributed by atoms with Gasteiger partial charge in [-0.2, -0.15) is 4.99 Å². The van der Waals surface area contributed by atoms with Crippen LogP contribution < -0.4 is 4.80 Å². The van der Waals surface area contributed by atoms with Gasteiger partial charge >= 0.3 is 5.97 Å². The van der Waals surface area contributed by atoms with Gasteiger partial charge in [-0.3, -0.25) is 9.59 Å². The average Bonchev–Trinajstić information content (AvgIpc) is 2.92. The molecule has 0 unspecified atom stereocenters. The third-order valence-electron chi connectivity index (χ3n) is 3.37. The van der Waals surface area contributed by atoms with Crippen molar-refractivity contribution in [1.29, 1.82) is 0 Å². The number of esters is 1. The molecular formula is C17H13BrN2O3S. The van der Waals surface area contributed by atoms with Crippen LogP contribution >= 0.6 is 27.3 Å². The SMILES string of the molecule is COC(=O)Cn1c(=NC(=O)c2cccc(Br)c2)sc2ccccc21. The van der Waals surface area contributed by atoms with Crippen LogP contribution in [-0.2, 0) is 16.1 Å². The van der Waals surface area contributed by atoms with Gasteiger partial charge in [0.2, 0.25) is 0 Å². The summed E-state index contributed by atoms with van der Waals surface area (Å²) in [5.74, 6) is -0.753. The normalized spacial score (nSPS) is 11.7. The summed E-state index contributed by atoms with van der Waals surface area (Å²) in [6.45, 7) is 0.00507. The molecular weight excluding hydrogens is 392 g/mol. The predicted molar refractivity (Wildman–Crippen MR) is 95.9 cm³/mol. The van der Waals surface area contributed by atoms with Crippen LogP contribution in [0.4, 0.5) is 0 Å². The number of hydrogen-bond acceptors (Lipinski definition) is 4. The molecule has 2 aromatic carbocycles. The number of halogens is 1. The monoisotopic (exact) mass is 404 g/mol. The van der Waals surface area contributed by atoms with Crippen LogP contribution in [0.5, 0.6) is 0 Å². The molecule has 0 aliphatic heterocycles. The van der Waals surface area contributed by atoms with E-state index < -0.39 is 5.97 Å². The quantitative estimate of drug-likeness (QED) is 0.628. The molecule has 3 aromatic rings. The number of para-hydroxylation sites is 1. The Kier molecular flexibility index (Phi) is 4.92. The molecule has 0 fully saturated rings. The Morgan fingerprint density at radius 2 is 2.00 bits per heavy atom. The summed E-state index contributed by atoms with van der Waals surface area (Å²) in [6.07, 6.45) is 0. The number of amides is 1. The van der Waals surface area contributed by atoms with Crippen LogP contribution in [0.1, 0.15) is 10.4 Å². The van der Waals surface area contributed by atoms with Crippen LogP contribution in [0.25, 0.3) is 10.2 Å². The summed E-state index contributed by atoms with van der Waals surface area (Å²) in [7, 11) is 1.33. The number of nitrogens with zero attached hydrogens (tertiary/aromatic N) is 2. The van der Waals surface area contributed by atoms with E-state index in [9.17, 15) is 9.59 Å². The van der Waals surface area contributed by atoms with E-state index in [1.165, 1.54) is 18.4 Å². The molecule has 0 saturated heterocycles. The van der Waals surface area contributed by atoms with E-state index in [4.69, 9.17) is 4.74 Å². The lowest BCUT2D eigenvalue weighted by atomic mass is 10.2. The van der Waals surface area contributed by atoms with Crippen LogP contribution in [-0.4, -0.2) is 23.6 Å². The minimum Gasteiger partial charge on any atom is -0.468 e. The molecule has 5 nitrogen and oxygen atoms in total. The van der Waals surface area contributed by atoms with E-state index in [1.54, 1.807) is 22.8 Å². The summed E-state index contributed by atoms with van der Waals surface area (Å²) in [6, 6.07) is 14.6. The van der Waals surface area contributed by atoms with Crippen molar-refractivity contribution in [2.24, 2.45) is 4.99 Å². The molecule has 24 heavy (non-hydrogen) atoms. The Hall–Kier alpha value is -2.25. The fourth-order valence-electron chi connectivity index (χ4n) is 2.23. The van der Waals surface area contributed by atoms with Crippen molar-refractivity contribution >= 4 is 49.4 Å². The molecule has 1 heterocycles. The lowest BCUT2D eigenvalue weighted by Crippen LogP contribution is -2.22. The third-order valence-corrected chi connectivity index (χ3v) is 4.92. The topological polar surface area (TPSA) is 60.7 Å². The molecule has 1 amide bonds. The van der Waals surface area contributed by atoms with Gasteiger partial charge in [0.05, 0.1) is 17.3 Å². The number of fused-ring (bicyclic) bond motifs is 1. The number of ether oxygens (including phenoxy) is 1. The molecule has 122 valence electrons. The van der Waals surface area contributed by atoms with E-state index in [2.05, 4.69) is 20.9 Å². The van der Waals surface area contributed by atoms with Gasteiger partial charge in [0, 0.05) is 10.0 Å².